The lowest BCUT2D eigenvalue weighted by atomic mass is 10.1. The average Bonchev–Trinajstić information content (AvgIpc) is 3.02. The number of ether oxygens (including phenoxy) is 2. The predicted molar refractivity (Wildman–Crippen MR) is 83.9 cm³/mol. The third kappa shape index (κ3) is 3.64. The van der Waals surface area contributed by atoms with Crippen molar-refractivity contribution < 1.29 is 23.0 Å². The lowest BCUT2D eigenvalue weighted by molar-refractivity contribution is 0.174. The molecule has 2 aromatic carbocycles. The van der Waals surface area contributed by atoms with Gasteiger partial charge in [0.25, 0.3) is 0 Å². The minimum Gasteiger partial charge on any atom is -0.454 e. The predicted octanol–water partition coefficient (Wildman–Crippen LogP) is 1.30. The summed E-state index contributed by atoms with van der Waals surface area (Å²) in [6.45, 7) is -0.210. The second-order valence-corrected chi connectivity index (χ2v) is 6.92. The van der Waals surface area contributed by atoms with Gasteiger partial charge in [-0.3, -0.25) is 0 Å². The number of hydrogen-bond acceptors (Lipinski definition) is 5. The van der Waals surface area contributed by atoms with Crippen LogP contribution in [0.15, 0.2) is 53.4 Å². The summed E-state index contributed by atoms with van der Waals surface area (Å²) in [5.41, 5.74) is 0.944. The highest BCUT2D eigenvalue weighted by Gasteiger charge is 2.23. The van der Waals surface area contributed by atoms with Crippen molar-refractivity contribution in [1.82, 2.24) is 4.72 Å². The number of aliphatic hydroxyl groups is 1. The van der Waals surface area contributed by atoms with Gasteiger partial charge in [-0.15, -0.1) is 0 Å². The first kappa shape index (κ1) is 15.8. The summed E-state index contributed by atoms with van der Waals surface area (Å²) in [4.78, 5) is 0.0771. The van der Waals surface area contributed by atoms with Crippen molar-refractivity contribution in [2.45, 2.75) is 17.4 Å². The van der Waals surface area contributed by atoms with Crippen molar-refractivity contribution in [3.8, 4) is 11.5 Å². The highest BCUT2D eigenvalue weighted by atomic mass is 32.2. The van der Waals surface area contributed by atoms with Crippen LogP contribution in [-0.2, 0) is 16.4 Å². The molecule has 0 saturated heterocycles. The first-order chi connectivity index (χ1) is 11.1. The fourth-order valence-corrected chi connectivity index (χ4v) is 3.62. The van der Waals surface area contributed by atoms with Crippen LogP contribution in [-0.4, -0.2) is 33.0 Å². The number of aliphatic hydroxyl groups excluding tert-OH is 1. The maximum absolute atomic E-state index is 12.5. The lowest BCUT2D eigenvalue weighted by Gasteiger charge is -2.16. The standard InChI is InChI=1S/C16H17NO5S/c18-10-13(8-12-4-2-1-3-5-12)17-23(19,20)14-6-7-15-16(9-14)22-11-21-15/h1-7,9,13,17-18H,8,10-11H2. The Hall–Kier alpha value is -2.09. The first-order valence-corrected chi connectivity index (χ1v) is 8.63. The summed E-state index contributed by atoms with van der Waals surface area (Å²) in [6.07, 6.45) is 0.404. The summed E-state index contributed by atoms with van der Waals surface area (Å²) in [5, 5.41) is 9.48. The normalized spacial score (nSPS) is 14.7. The van der Waals surface area contributed by atoms with Crippen LogP contribution in [0.2, 0.25) is 0 Å². The molecule has 0 aromatic heterocycles. The third-order valence-corrected chi connectivity index (χ3v) is 5.04. The molecule has 0 spiro atoms. The zero-order valence-corrected chi connectivity index (χ0v) is 13.1. The molecule has 1 heterocycles. The van der Waals surface area contributed by atoms with E-state index < -0.39 is 16.1 Å². The SMILES string of the molecule is O=S(=O)(NC(CO)Cc1ccccc1)c1ccc2c(c1)OCO2. The van der Waals surface area contributed by atoms with Crippen molar-refractivity contribution >= 4 is 10.0 Å². The van der Waals surface area contributed by atoms with Crippen molar-refractivity contribution in [1.29, 1.82) is 0 Å². The Morgan fingerprint density at radius 2 is 1.83 bits per heavy atom. The molecule has 7 heteroatoms. The third-order valence-electron chi connectivity index (χ3n) is 3.52. The van der Waals surface area contributed by atoms with E-state index in [2.05, 4.69) is 4.72 Å². The fraction of sp³-hybridized carbons (Fsp3) is 0.250. The van der Waals surface area contributed by atoms with Crippen molar-refractivity contribution in [2.24, 2.45) is 0 Å². The monoisotopic (exact) mass is 335 g/mol. The molecule has 1 atom stereocenters. The topological polar surface area (TPSA) is 84.9 Å². The highest BCUT2D eigenvalue weighted by molar-refractivity contribution is 7.89. The second-order valence-electron chi connectivity index (χ2n) is 5.21. The van der Waals surface area contributed by atoms with E-state index in [4.69, 9.17) is 9.47 Å². The Morgan fingerprint density at radius 3 is 2.57 bits per heavy atom. The van der Waals surface area contributed by atoms with Crippen LogP contribution in [0, 0.1) is 0 Å². The van der Waals surface area contributed by atoms with E-state index in [1.165, 1.54) is 12.1 Å². The molecule has 2 N–H and O–H groups in total. The number of nitrogens with one attached hydrogen (secondary N) is 1. The van der Waals surface area contributed by atoms with Gasteiger partial charge in [0, 0.05) is 12.1 Å². The second kappa shape index (κ2) is 6.57. The molecule has 1 aliphatic heterocycles. The summed E-state index contributed by atoms with van der Waals surface area (Å²) < 4.78 is 37.8. The van der Waals surface area contributed by atoms with Gasteiger partial charge in [-0.25, -0.2) is 13.1 Å². The fourth-order valence-electron chi connectivity index (χ4n) is 2.37. The molecule has 122 valence electrons. The number of hydrogen-bond donors (Lipinski definition) is 2. The molecular formula is C16H17NO5S. The molecule has 3 rings (SSSR count). The Kier molecular flexibility index (Phi) is 4.51. The van der Waals surface area contributed by atoms with Gasteiger partial charge in [-0.05, 0) is 24.1 Å². The molecule has 0 fully saturated rings. The molecule has 1 aliphatic rings. The van der Waals surface area contributed by atoms with E-state index in [-0.39, 0.29) is 18.3 Å². The van der Waals surface area contributed by atoms with E-state index in [1.807, 2.05) is 30.3 Å². The summed E-state index contributed by atoms with van der Waals surface area (Å²) in [7, 11) is -3.76. The summed E-state index contributed by atoms with van der Waals surface area (Å²) >= 11 is 0. The lowest BCUT2D eigenvalue weighted by Crippen LogP contribution is -2.39. The molecule has 0 aliphatic carbocycles. The molecule has 6 nitrogen and oxygen atoms in total. The van der Waals surface area contributed by atoms with Gasteiger partial charge < -0.3 is 14.6 Å². The number of fused-ring (bicyclic) bond motifs is 1. The number of rotatable bonds is 6. The maximum Gasteiger partial charge on any atom is 0.241 e. The van der Waals surface area contributed by atoms with Crippen molar-refractivity contribution in [3.63, 3.8) is 0 Å². The minimum atomic E-state index is -3.76. The molecule has 0 saturated carbocycles. The van der Waals surface area contributed by atoms with Crippen LogP contribution in [0.5, 0.6) is 11.5 Å². The largest absolute Gasteiger partial charge is 0.454 e. The molecular weight excluding hydrogens is 318 g/mol. The highest BCUT2D eigenvalue weighted by Crippen LogP contribution is 2.33. The van der Waals surface area contributed by atoms with Gasteiger partial charge in [0.15, 0.2) is 11.5 Å². The van der Waals surface area contributed by atoms with Crippen LogP contribution < -0.4 is 14.2 Å². The van der Waals surface area contributed by atoms with E-state index in [0.717, 1.165) is 5.56 Å². The summed E-state index contributed by atoms with van der Waals surface area (Å²) in [6, 6.07) is 13.2. The quantitative estimate of drug-likeness (QED) is 0.831. The number of benzene rings is 2. The Balaban J connectivity index is 1.76. The van der Waals surface area contributed by atoms with E-state index >= 15 is 0 Å². The van der Waals surface area contributed by atoms with Gasteiger partial charge in [-0.2, -0.15) is 0 Å². The van der Waals surface area contributed by atoms with Gasteiger partial charge in [-0.1, -0.05) is 30.3 Å². The molecule has 1 unspecified atom stereocenters. The smallest absolute Gasteiger partial charge is 0.241 e. The van der Waals surface area contributed by atoms with Crippen LogP contribution in [0.1, 0.15) is 5.56 Å². The van der Waals surface area contributed by atoms with E-state index in [1.54, 1.807) is 6.07 Å². The van der Waals surface area contributed by atoms with Crippen molar-refractivity contribution in [3.05, 3.63) is 54.1 Å². The molecule has 0 amide bonds. The molecule has 0 radical (unpaired) electrons. The van der Waals surface area contributed by atoms with Crippen molar-refractivity contribution in [2.75, 3.05) is 13.4 Å². The van der Waals surface area contributed by atoms with Crippen LogP contribution in [0.3, 0.4) is 0 Å². The average molecular weight is 335 g/mol. The summed E-state index contributed by atoms with van der Waals surface area (Å²) in [5.74, 6) is 0.920. The zero-order valence-electron chi connectivity index (χ0n) is 12.3. The minimum absolute atomic E-state index is 0.0771. The van der Waals surface area contributed by atoms with Gasteiger partial charge in [0.2, 0.25) is 16.8 Å². The molecule has 2 aromatic rings. The van der Waals surface area contributed by atoms with Gasteiger partial charge in [0.05, 0.1) is 11.5 Å². The Morgan fingerprint density at radius 1 is 1.09 bits per heavy atom. The Bertz CT molecular complexity index is 776. The molecule has 0 bridgehead atoms. The first-order valence-electron chi connectivity index (χ1n) is 7.15. The number of sulfonamides is 1. The van der Waals surface area contributed by atoms with Crippen LogP contribution >= 0.6 is 0 Å². The van der Waals surface area contributed by atoms with Gasteiger partial charge >= 0.3 is 0 Å². The Labute approximate surface area is 134 Å². The maximum atomic E-state index is 12.5. The molecule has 23 heavy (non-hydrogen) atoms. The van der Waals surface area contributed by atoms with E-state index in [0.29, 0.717) is 17.9 Å². The zero-order chi connectivity index (χ0) is 16.3. The van der Waals surface area contributed by atoms with Crippen LogP contribution in [0.4, 0.5) is 0 Å². The van der Waals surface area contributed by atoms with E-state index in [9.17, 15) is 13.5 Å². The van der Waals surface area contributed by atoms with Gasteiger partial charge in [0.1, 0.15) is 0 Å². The van der Waals surface area contributed by atoms with Crippen LogP contribution in [0.25, 0.3) is 0 Å².